The third kappa shape index (κ3) is 6.35. The van der Waals surface area contributed by atoms with Crippen LogP contribution in [0, 0.1) is 6.92 Å². The number of aromatic nitrogens is 1. The van der Waals surface area contributed by atoms with E-state index in [-0.39, 0.29) is 24.0 Å². The summed E-state index contributed by atoms with van der Waals surface area (Å²) in [5.74, 6) is 0.761. The standard InChI is InChI=1S/C17H21ClN4.HI/c1-13-6-5-10-20-16(13)12-22-17(19-2)21-11-9-14-7-3-4-8-15(14)18;/h3-8,10H,9,11-12H2,1-2H3,(H2,19,21,22);1H. The second kappa shape index (κ2) is 10.4. The van der Waals surface area contributed by atoms with Crippen LogP contribution >= 0.6 is 35.6 Å². The molecule has 0 aliphatic heterocycles. The highest BCUT2D eigenvalue weighted by Gasteiger charge is 2.03. The maximum Gasteiger partial charge on any atom is 0.191 e. The van der Waals surface area contributed by atoms with E-state index in [0.717, 1.165) is 35.2 Å². The van der Waals surface area contributed by atoms with Crippen LogP contribution in [0.15, 0.2) is 47.6 Å². The molecule has 4 nitrogen and oxygen atoms in total. The smallest absolute Gasteiger partial charge is 0.191 e. The van der Waals surface area contributed by atoms with Gasteiger partial charge in [0.25, 0.3) is 0 Å². The Hall–Kier alpha value is -1.34. The van der Waals surface area contributed by atoms with Gasteiger partial charge in [0.1, 0.15) is 0 Å². The number of benzene rings is 1. The first kappa shape index (κ1) is 19.7. The summed E-state index contributed by atoms with van der Waals surface area (Å²) in [7, 11) is 1.76. The number of nitrogens with one attached hydrogen (secondary N) is 2. The number of pyridine rings is 1. The fourth-order valence-electron chi connectivity index (χ4n) is 2.11. The summed E-state index contributed by atoms with van der Waals surface area (Å²) >= 11 is 6.15. The molecule has 0 saturated carbocycles. The first-order chi connectivity index (χ1) is 10.7. The Labute approximate surface area is 159 Å². The van der Waals surface area contributed by atoms with Crippen molar-refractivity contribution in [2.24, 2.45) is 4.99 Å². The minimum atomic E-state index is 0. The lowest BCUT2D eigenvalue weighted by Crippen LogP contribution is -2.38. The minimum absolute atomic E-state index is 0. The van der Waals surface area contributed by atoms with E-state index in [1.165, 1.54) is 5.56 Å². The molecule has 0 fully saturated rings. The lowest BCUT2D eigenvalue weighted by Gasteiger charge is -2.13. The molecule has 1 aromatic heterocycles. The van der Waals surface area contributed by atoms with Gasteiger partial charge in [-0.1, -0.05) is 35.9 Å². The number of rotatable bonds is 5. The predicted octanol–water partition coefficient (Wildman–Crippen LogP) is 3.57. The van der Waals surface area contributed by atoms with Gasteiger partial charge in [0, 0.05) is 24.8 Å². The van der Waals surface area contributed by atoms with E-state index in [1.807, 2.05) is 30.3 Å². The number of hydrogen-bond donors (Lipinski definition) is 2. The van der Waals surface area contributed by atoms with Crippen LogP contribution in [0.2, 0.25) is 5.02 Å². The summed E-state index contributed by atoms with van der Waals surface area (Å²) in [5.41, 5.74) is 3.32. The van der Waals surface area contributed by atoms with E-state index in [0.29, 0.717) is 6.54 Å². The molecule has 6 heteroatoms. The SMILES string of the molecule is CN=C(NCCc1ccccc1Cl)NCc1ncccc1C.I. The van der Waals surface area contributed by atoms with Crippen LogP contribution in [0.4, 0.5) is 0 Å². The highest BCUT2D eigenvalue weighted by atomic mass is 127. The van der Waals surface area contributed by atoms with Crippen LogP contribution in [-0.2, 0) is 13.0 Å². The van der Waals surface area contributed by atoms with Crippen molar-refractivity contribution in [2.75, 3.05) is 13.6 Å². The third-order valence-electron chi connectivity index (χ3n) is 3.41. The van der Waals surface area contributed by atoms with Gasteiger partial charge in [-0.15, -0.1) is 24.0 Å². The van der Waals surface area contributed by atoms with Crippen molar-refractivity contribution in [3.63, 3.8) is 0 Å². The topological polar surface area (TPSA) is 49.3 Å². The maximum absolute atomic E-state index is 6.15. The van der Waals surface area contributed by atoms with Crippen LogP contribution in [0.25, 0.3) is 0 Å². The van der Waals surface area contributed by atoms with Crippen molar-refractivity contribution in [3.8, 4) is 0 Å². The van der Waals surface area contributed by atoms with E-state index < -0.39 is 0 Å². The molecule has 0 atom stereocenters. The third-order valence-corrected chi connectivity index (χ3v) is 3.78. The molecule has 1 heterocycles. The molecule has 0 spiro atoms. The molecule has 0 amide bonds. The van der Waals surface area contributed by atoms with Crippen LogP contribution < -0.4 is 10.6 Å². The maximum atomic E-state index is 6.15. The zero-order valence-electron chi connectivity index (χ0n) is 13.3. The Bertz CT molecular complexity index is 646. The number of nitrogens with zero attached hydrogens (tertiary/aromatic N) is 2. The average molecular weight is 445 g/mol. The number of hydrogen-bond acceptors (Lipinski definition) is 2. The Kier molecular flexibility index (Phi) is 8.94. The zero-order chi connectivity index (χ0) is 15.8. The average Bonchev–Trinajstić information content (AvgIpc) is 2.54. The normalized spacial score (nSPS) is 10.8. The van der Waals surface area contributed by atoms with Crippen LogP contribution in [-0.4, -0.2) is 24.5 Å². The van der Waals surface area contributed by atoms with Crippen LogP contribution in [0.3, 0.4) is 0 Å². The molecular weight excluding hydrogens is 423 g/mol. The van der Waals surface area contributed by atoms with E-state index in [4.69, 9.17) is 11.6 Å². The molecule has 0 aliphatic rings. The van der Waals surface area contributed by atoms with Crippen LogP contribution in [0.5, 0.6) is 0 Å². The van der Waals surface area contributed by atoms with Crippen molar-refractivity contribution in [1.29, 1.82) is 0 Å². The van der Waals surface area contributed by atoms with Gasteiger partial charge in [0.05, 0.1) is 12.2 Å². The molecule has 1 aromatic carbocycles. The fraction of sp³-hybridized carbons (Fsp3) is 0.294. The summed E-state index contributed by atoms with van der Waals surface area (Å²) in [5, 5.41) is 7.36. The lowest BCUT2D eigenvalue weighted by molar-refractivity contribution is 0.780. The Morgan fingerprint density at radius 3 is 2.65 bits per heavy atom. The first-order valence-corrected chi connectivity index (χ1v) is 7.67. The van der Waals surface area contributed by atoms with Crippen molar-refractivity contribution < 1.29 is 0 Å². The molecule has 2 aromatic rings. The summed E-state index contributed by atoms with van der Waals surface area (Å²) in [6.45, 7) is 3.47. The van der Waals surface area contributed by atoms with Gasteiger partial charge in [-0.05, 0) is 36.6 Å². The van der Waals surface area contributed by atoms with Gasteiger partial charge < -0.3 is 10.6 Å². The molecule has 23 heavy (non-hydrogen) atoms. The fourth-order valence-corrected chi connectivity index (χ4v) is 2.34. The number of aryl methyl sites for hydroxylation is 1. The highest BCUT2D eigenvalue weighted by Crippen LogP contribution is 2.14. The quantitative estimate of drug-likeness (QED) is 0.421. The van der Waals surface area contributed by atoms with Gasteiger partial charge in [-0.25, -0.2) is 0 Å². The monoisotopic (exact) mass is 444 g/mol. The highest BCUT2D eigenvalue weighted by molar-refractivity contribution is 14.0. The molecule has 0 unspecified atom stereocenters. The molecule has 2 N–H and O–H groups in total. The predicted molar refractivity (Wildman–Crippen MR) is 108 cm³/mol. The van der Waals surface area contributed by atoms with E-state index in [9.17, 15) is 0 Å². The van der Waals surface area contributed by atoms with Gasteiger partial charge in [-0.3, -0.25) is 9.98 Å². The minimum Gasteiger partial charge on any atom is -0.356 e. The summed E-state index contributed by atoms with van der Waals surface area (Å²) in [4.78, 5) is 8.58. The molecule has 0 saturated heterocycles. The zero-order valence-corrected chi connectivity index (χ0v) is 16.4. The van der Waals surface area contributed by atoms with E-state index in [1.54, 1.807) is 13.2 Å². The number of aliphatic imine (C=N–C) groups is 1. The van der Waals surface area contributed by atoms with Crippen molar-refractivity contribution >= 4 is 41.5 Å². The molecule has 0 bridgehead atoms. The number of halogens is 2. The largest absolute Gasteiger partial charge is 0.356 e. The molecular formula is C17H22ClIN4. The summed E-state index contributed by atoms with van der Waals surface area (Å²) in [6.07, 6.45) is 2.65. The Morgan fingerprint density at radius 2 is 1.96 bits per heavy atom. The van der Waals surface area contributed by atoms with Crippen LogP contribution in [0.1, 0.15) is 16.8 Å². The van der Waals surface area contributed by atoms with E-state index in [2.05, 4.69) is 33.6 Å². The van der Waals surface area contributed by atoms with Gasteiger partial charge in [-0.2, -0.15) is 0 Å². The Morgan fingerprint density at radius 1 is 1.17 bits per heavy atom. The van der Waals surface area contributed by atoms with Crippen molar-refractivity contribution in [3.05, 3.63) is 64.4 Å². The first-order valence-electron chi connectivity index (χ1n) is 7.29. The second-order valence-corrected chi connectivity index (χ2v) is 5.37. The molecule has 0 aliphatic carbocycles. The van der Waals surface area contributed by atoms with Crippen molar-refractivity contribution in [2.45, 2.75) is 19.9 Å². The number of guanidine groups is 1. The summed E-state index contributed by atoms with van der Waals surface area (Å²) in [6, 6.07) is 11.9. The van der Waals surface area contributed by atoms with Gasteiger partial charge in [0.15, 0.2) is 5.96 Å². The molecule has 0 radical (unpaired) electrons. The second-order valence-electron chi connectivity index (χ2n) is 4.96. The van der Waals surface area contributed by atoms with Crippen molar-refractivity contribution in [1.82, 2.24) is 15.6 Å². The molecule has 124 valence electrons. The van der Waals surface area contributed by atoms with Gasteiger partial charge in [0.2, 0.25) is 0 Å². The molecule has 2 rings (SSSR count). The lowest BCUT2D eigenvalue weighted by atomic mass is 10.1. The van der Waals surface area contributed by atoms with E-state index >= 15 is 0 Å². The van der Waals surface area contributed by atoms with Gasteiger partial charge >= 0.3 is 0 Å². The Balaban J connectivity index is 0.00000264. The summed E-state index contributed by atoms with van der Waals surface area (Å²) < 4.78 is 0.